The summed E-state index contributed by atoms with van der Waals surface area (Å²) in [6.45, 7) is 4.46. The van der Waals surface area contributed by atoms with Gasteiger partial charge in [-0.2, -0.15) is 0 Å². The number of nitrogens with two attached hydrogens (primary N) is 1. The molecule has 2 nitrogen and oxygen atoms in total. The molecule has 18 heavy (non-hydrogen) atoms. The van der Waals surface area contributed by atoms with Gasteiger partial charge in [-0.1, -0.05) is 50.4 Å². The van der Waals surface area contributed by atoms with E-state index in [-0.39, 0.29) is 0 Å². The maximum absolute atomic E-state index is 6.02. The molecule has 1 aromatic rings. The van der Waals surface area contributed by atoms with Crippen molar-refractivity contribution in [3.63, 3.8) is 0 Å². The molecule has 0 aliphatic heterocycles. The van der Waals surface area contributed by atoms with Crippen LogP contribution in [0.2, 0.25) is 5.02 Å². The Morgan fingerprint density at radius 2 is 1.89 bits per heavy atom. The lowest BCUT2D eigenvalue weighted by Crippen LogP contribution is -2.42. The van der Waals surface area contributed by atoms with E-state index in [2.05, 4.69) is 25.3 Å². The van der Waals surface area contributed by atoms with Crippen molar-refractivity contribution >= 4 is 11.6 Å². The summed E-state index contributed by atoms with van der Waals surface area (Å²) in [5, 5.41) is 0.797. The Balaban J connectivity index is 2.69. The van der Waals surface area contributed by atoms with E-state index in [0.29, 0.717) is 12.0 Å². The molecule has 1 aromatic carbocycles. The highest BCUT2D eigenvalue weighted by molar-refractivity contribution is 6.30. The normalized spacial score (nSPS) is 12.9. The van der Waals surface area contributed by atoms with E-state index in [4.69, 9.17) is 17.4 Å². The number of halogens is 1. The van der Waals surface area contributed by atoms with Gasteiger partial charge >= 0.3 is 0 Å². The highest BCUT2D eigenvalue weighted by atomic mass is 35.5. The summed E-state index contributed by atoms with van der Waals surface area (Å²) in [5.74, 6) is 6.38. The van der Waals surface area contributed by atoms with Crippen LogP contribution in [0.5, 0.6) is 0 Å². The van der Waals surface area contributed by atoms with Crippen LogP contribution in [0.25, 0.3) is 0 Å². The highest BCUT2D eigenvalue weighted by Gasteiger charge is 2.19. The topological polar surface area (TPSA) is 38.0 Å². The van der Waals surface area contributed by atoms with E-state index in [1.807, 2.05) is 18.2 Å². The zero-order valence-electron chi connectivity index (χ0n) is 11.5. The number of nitrogens with one attached hydrogen (secondary N) is 1. The molecule has 102 valence electrons. The minimum absolute atomic E-state index is 0.336. The molecule has 0 spiro atoms. The van der Waals surface area contributed by atoms with Crippen LogP contribution < -0.4 is 11.3 Å². The van der Waals surface area contributed by atoms with Crippen molar-refractivity contribution in [2.75, 3.05) is 0 Å². The Bertz CT molecular complexity index is 335. The number of hydrogen-bond donors (Lipinski definition) is 2. The first-order valence-electron chi connectivity index (χ1n) is 6.91. The number of hydrazine groups is 1. The molecular formula is C15H25ClN2. The minimum atomic E-state index is 0.336. The van der Waals surface area contributed by atoms with Crippen molar-refractivity contribution in [1.29, 1.82) is 0 Å². The lowest BCUT2D eigenvalue weighted by atomic mass is 9.87. The van der Waals surface area contributed by atoms with Crippen LogP contribution in [0.4, 0.5) is 0 Å². The molecule has 0 aliphatic rings. The molecule has 0 aromatic heterocycles. The monoisotopic (exact) mass is 268 g/mol. The predicted octanol–water partition coefficient (Wildman–Crippen LogP) is 3.93. The van der Waals surface area contributed by atoms with Gasteiger partial charge in [-0.05, 0) is 42.9 Å². The van der Waals surface area contributed by atoms with E-state index in [1.165, 1.54) is 31.2 Å². The third kappa shape index (κ3) is 4.97. The van der Waals surface area contributed by atoms with E-state index in [9.17, 15) is 0 Å². The van der Waals surface area contributed by atoms with Crippen molar-refractivity contribution in [3.05, 3.63) is 34.9 Å². The summed E-state index contributed by atoms with van der Waals surface area (Å²) in [6, 6.07) is 8.39. The standard InChI is InChI=1S/C15H25ClN2/c1-3-6-13(7-4-2)15(18-17)11-12-8-5-9-14(16)10-12/h5,8-10,13,15,18H,3-4,6-7,11,17H2,1-2H3. The molecule has 0 bridgehead atoms. The summed E-state index contributed by atoms with van der Waals surface area (Å²) in [6.07, 6.45) is 5.81. The molecular weight excluding hydrogens is 244 g/mol. The van der Waals surface area contributed by atoms with Crippen LogP contribution in [-0.4, -0.2) is 6.04 Å². The van der Waals surface area contributed by atoms with Gasteiger partial charge < -0.3 is 0 Å². The maximum atomic E-state index is 6.02. The second kappa shape index (κ2) is 8.52. The van der Waals surface area contributed by atoms with Gasteiger partial charge in [-0.3, -0.25) is 11.3 Å². The molecule has 0 heterocycles. The Hall–Kier alpha value is -0.570. The van der Waals surface area contributed by atoms with Crippen LogP contribution in [0.15, 0.2) is 24.3 Å². The third-order valence-electron chi connectivity index (χ3n) is 3.45. The van der Waals surface area contributed by atoms with Crippen molar-refractivity contribution in [2.24, 2.45) is 11.8 Å². The minimum Gasteiger partial charge on any atom is -0.271 e. The summed E-state index contributed by atoms with van der Waals surface area (Å²) >= 11 is 6.02. The van der Waals surface area contributed by atoms with Crippen LogP contribution in [0.3, 0.4) is 0 Å². The van der Waals surface area contributed by atoms with Crippen LogP contribution in [0.1, 0.15) is 45.1 Å². The Morgan fingerprint density at radius 1 is 1.22 bits per heavy atom. The predicted molar refractivity (Wildman–Crippen MR) is 79.6 cm³/mol. The molecule has 0 saturated carbocycles. The van der Waals surface area contributed by atoms with Crippen molar-refractivity contribution < 1.29 is 0 Å². The van der Waals surface area contributed by atoms with Gasteiger partial charge in [0.1, 0.15) is 0 Å². The lowest BCUT2D eigenvalue weighted by molar-refractivity contribution is 0.311. The molecule has 0 radical (unpaired) electrons. The zero-order valence-corrected chi connectivity index (χ0v) is 12.2. The highest BCUT2D eigenvalue weighted by Crippen LogP contribution is 2.21. The van der Waals surface area contributed by atoms with Gasteiger partial charge in [0.15, 0.2) is 0 Å². The van der Waals surface area contributed by atoms with E-state index in [1.54, 1.807) is 0 Å². The first kappa shape index (κ1) is 15.5. The largest absolute Gasteiger partial charge is 0.271 e. The van der Waals surface area contributed by atoms with Gasteiger partial charge in [0.25, 0.3) is 0 Å². The molecule has 1 unspecified atom stereocenters. The fourth-order valence-electron chi connectivity index (χ4n) is 2.57. The molecule has 0 aliphatic carbocycles. The number of hydrogen-bond acceptors (Lipinski definition) is 2. The maximum Gasteiger partial charge on any atom is 0.0408 e. The third-order valence-corrected chi connectivity index (χ3v) is 3.68. The van der Waals surface area contributed by atoms with Crippen molar-refractivity contribution in [1.82, 2.24) is 5.43 Å². The lowest BCUT2D eigenvalue weighted by Gasteiger charge is -2.26. The summed E-state index contributed by atoms with van der Waals surface area (Å²) < 4.78 is 0. The second-order valence-corrected chi connectivity index (χ2v) is 5.38. The number of benzene rings is 1. The van der Waals surface area contributed by atoms with Crippen LogP contribution >= 0.6 is 11.6 Å². The molecule has 3 heteroatoms. The first-order chi connectivity index (χ1) is 8.71. The van der Waals surface area contributed by atoms with Gasteiger partial charge in [0.05, 0.1) is 0 Å². The van der Waals surface area contributed by atoms with Gasteiger partial charge in [-0.25, -0.2) is 0 Å². The van der Waals surface area contributed by atoms with Crippen molar-refractivity contribution in [3.8, 4) is 0 Å². The van der Waals surface area contributed by atoms with Crippen LogP contribution in [-0.2, 0) is 6.42 Å². The average molecular weight is 269 g/mol. The van der Waals surface area contributed by atoms with Gasteiger partial charge in [0.2, 0.25) is 0 Å². The average Bonchev–Trinajstić information content (AvgIpc) is 2.36. The fourth-order valence-corrected chi connectivity index (χ4v) is 2.78. The quantitative estimate of drug-likeness (QED) is 0.554. The Morgan fingerprint density at radius 3 is 2.39 bits per heavy atom. The molecule has 1 atom stereocenters. The molecule has 0 fully saturated rings. The molecule has 0 saturated heterocycles. The van der Waals surface area contributed by atoms with Crippen molar-refractivity contribution in [2.45, 2.75) is 52.0 Å². The SMILES string of the molecule is CCCC(CCC)C(Cc1cccc(Cl)c1)NN. The second-order valence-electron chi connectivity index (χ2n) is 4.94. The van der Waals surface area contributed by atoms with Gasteiger partial charge in [-0.15, -0.1) is 0 Å². The Kier molecular flexibility index (Phi) is 7.33. The fraction of sp³-hybridized carbons (Fsp3) is 0.600. The van der Waals surface area contributed by atoms with E-state index >= 15 is 0 Å². The smallest absolute Gasteiger partial charge is 0.0408 e. The van der Waals surface area contributed by atoms with E-state index in [0.717, 1.165) is 11.4 Å². The molecule has 0 amide bonds. The number of rotatable bonds is 8. The molecule has 3 N–H and O–H groups in total. The summed E-state index contributed by atoms with van der Waals surface area (Å²) in [7, 11) is 0. The van der Waals surface area contributed by atoms with Gasteiger partial charge in [0, 0.05) is 11.1 Å². The summed E-state index contributed by atoms with van der Waals surface area (Å²) in [5.41, 5.74) is 4.25. The zero-order chi connectivity index (χ0) is 13.4. The summed E-state index contributed by atoms with van der Waals surface area (Å²) in [4.78, 5) is 0. The van der Waals surface area contributed by atoms with Crippen LogP contribution in [0, 0.1) is 5.92 Å². The first-order valence-corrected chi connectivity index (χ1v) is 7.29. The van der Waals surface area contributed by atoms with E-state index < -0.39 is 0 Å². The Labute approximate surface area is 116 Å². The molecule has 1 rings (SSSR count).